The van der Waals surface area contributed by atoms with Gasteiger partial charge in [-0.15, -0.1) is 0 Å². The number of benzene rings is 1. The highest BCUT2D eigenvalue weighted by Crippen LogP contribution is 2.60. The quantitative estimate of drug-likeness (QED) is 0.567. The van der Waals surface area contributed by atoms with Gasteiger partial charge in [0.25, 0.3) is 0 Å². The lowest BCUT2D eigenvalue weighted by Gasteiger charge is -2.55. The fraction of sp³-hybridized carbons (Fsp3) is 0.458. The summed E-state index contributed by atoms with van der Waals surface area (Å²) in [7, 11) is 0. The topological polar surface area (TPSA) is 56.3 Å². The fourth-order valence-corrected chi connectivity index (χ4v) is 6.12. The summed E-state index contributed by atoms with van der Waals surface area (Å²) >= 11 is 0. The van der Waals surface area contributed by atoms with Crippen molar-refractivity contribution in [2.75, 3.05) is 6.61 Å². The largest absolute Gasteiger partial charge is 0.455 e. The number of hydrogen-bond donors (Lipinski definition) is 0. The van der Waals surface area contributed by atoms with Crippen molar-refractivity contribution >= 4 is 28.7 Å². The maximum Gasteiger partial charge on any atom is 0.331 e. The van der Waals surface area contributed by atoms with Crippen LogP contribution in [0, 0.1) is 23.2 Å². The van der Waals surface area contributed by atoms with E-state index in [4.69, 9.17) is 4.74 Å². The van der Waals surface area contributed by atoms with Crippen molar-refractivity contribution in [1.29, 1.82) is 0 Å². The lowest BCUT2D eigenvalue weighted by Crippen LogP contribution is -2.51. The molecule has 0 amide bonds. The number of nitrogens with zero attached hydrogens (tertiary/aromatic N) is 1. The van der Waals surface area contributed by atoms with Gasteiger partial charge in [-0.2, -0.15) is 0 Å². The van der Waals surface area contributed by atoms with Gasteiger partial charge >= 0.3 is 5.97 Å². The van der Waals surface area contributed by atoms with E-state index >= 15 is 0 Å². The Kier molecular flexibility index (Phi) is 4.30. The van der Waals surface area contributed by atoms with E-state index in [0.717, 1.165) is 30.2 Å². The minimum Gasteiger partial charge on any atom is -0.455 e. The molecular formula is C24H25NO3. The molecule has 2 aromatic rings. The van der Waals surface area contributed by atoms with E-state index in [9.17, 15) is 9.59 Å². The van der Waals surface area contributed by atoms with Gasteiger partial charge in [0, 0.05) is 16.9 Å². The molecule has 4 aliphatic carbocycles. The average molecular weight is 375 g/mol. The zero-order valence-corrected chi connectivity index (χ0v) is 16.0. The summed E-state index contributed by atoms with van der Waals surface area (Å²) in [4.78, 5) is 29.5. The Morgan fingerprint density at radius 3 is 2.39 bits per heavy atom. The first-order valence-corrected chi connectivity index (χ1v) is 10.3. The number of rotatable bonds is 5. The Bertz CT molecular complexity index is 926. The minimum atomic E-state index is -0.479. The van der Waals surface area contributed by atoms with Gasteiger partial charge in [0.2, 0.25) is 0 Å². The average Bonchev–Trinajstić information content (AvgIpc) is 2.69. The molecule has 4 heteroatoms. The predicted octanol–water partition coefficient (Wildman–Crippen LogP) is 4.58. The number of esters is 1. The maximum atomic E-state index is 12.9. The summed E-state index contributed by atoms with van der Waals surface area (Å²) in [6, 6.07) is 11.7. The van der Waals surface area contributed by atoms with Crippen LogP contribution in [0.15, 0.2) is 42.5 Å². The highest BCUT2D eigenvalue weighted by molar-refractivity contribution is 5.92. The number of pyridine rings is 1. The van der Waals surface area contributed by atoms with Gasteiger partial charge < -0.3 is 4.74 Å². The van der Waals surface area contributed by atoms with Crippen molar-refractivity contribution in [1.82, 2.24) is 4.98 Å². The molecule has 0 N–H and O–H groups in total. The molecule has 0 spiro atoms. The molecule has 0 aliphatic heterocycles. The van der Waals surface area contributed by atoms with Crippen LogP contribution in [0.5, 0.6) is 0 Å². The molecule has 4 fully saturated rings. The molecule has 0 radical (unpaired) electrons. The molecule has 144 valence electrons. The predicted molar refractivity (Wildman–Crippen MR) is 107 cm³/mol. The molecule has 4 saturated carbocycles. The molecule has 0 saturated heterocycles. The first-order chi connectivity index (χ1) is 13.6. The van der Waals surface area contributed by atoms with Crippen molar-refractivity contribution in [2.45, 2.75) is 38.5 Å². The third-order valence-electron chi connectivity index (χ3n) is 6.99. The van der Waals surface area contributed by atoms with E-state index in [-0.39, 0.29) is 17.8 Å². The van der Waals surface area contributed by atoms with E-state index in [1.165, 1.54) is 25.3 Å². The van der Waals surface area contributed by atoms with E-state index in [1.54, 1.807) is 6.08 Å². The Balaban J connectivity index is 1.20. The van der Waals surface area contributed by atoms with Crippen LogP contribution in [-0.4, -0.2) is 23.3 Å². The van der Waals surface area contributed by atoms with Crippen LogP contribution in [0.2, 0.25) is 0 Å². The number of Topliss-reactive ketones (excluding diaryl/α,β-unsaturated/α-hetero) is 1. The Hall–Kier alpha value is -2.49. The van der Waals surface area contributed by atoms with Gasteiger partial charge in [0.15, 0.2) is 12.4 Å². The number of carbonyl (C=O) groups is 2. The van der Waals surface area contributed by atoms with Crippen molar-refractivity contribution in [2.24, 2.45) is 23.2 Å². The molecule has 28 heavy (non-hydrogen) atoms. The Morgan fingerprint density at radius 2 is 1.68 bits per heavy atom. The molecule has 4 aliphatic rings. The Labute approximate surface area is 165 Å². The molecule has 0 atom stereocenters. The van der Waals surface area contributed by atoms with Gasteiger partial charge in [-0.25, -0.2) is 9.78 Å². The molecule has 4 bridgehead atoms. The number of carbonyl (C=O) groups excluding carboxylic acids is 2. The number of para-hydroxylation sites is 1. The highest BCUT2D eigenvalue weighted by Gasteiger charge is 2.54. The second-order valence-electron chi connectivity index (χ2n) is 8.99. The first kappa shape index (κ1) is 17.6. The molecule has 1 aromatic carbocycles. The van der Waals surface area contributed by atoms with E-state index in [0.29, 0.717) is 23.4 Å². The Morgan fingerprint density at radius 1 is 1.00 bits per heavy atom. The van der Waals surface area contributed by atoms with Crippen LogP contribution in [0.4, 0.5) is 0 Å². The lowest BCUT2D eigenvalue weighted by molar-refractivity contribution is -0.155. The summed E-state index contributed by atoms with van der Waals surface area (Å²) < 4.78 is 5.30. The normalized spacial score (nSPS) is 30.8. The number of hydrogen-bond acceptors (Lipinski definition) is 4. The van der Waals surface area contributed by atoms with Crippen molar-refractivity contribution in [3.8, 4) is 0 Å². The highest BCUT2D eigenvalue weighted by atomic mass is 16.5. The summed E-state index contributed by atoms with van der Waals surface area (Å²) in [5.41, 5.74) is 1.37. The van der Waals surface area contributed by atoms with Crippen molar-refractivity contribution in [3.63, 3.8) is 0 Å². The van der Waals surface area contributed by atoms with Crippen LogP contribution in [0.1, 0.15) is 44.2 Å². The van der Waals surface area contributed by atoms with Gasteiger partial charge in [0.1, 0.15) is 0 Å². The lowest BCUT2D eigenvalue weighted by atomic mass is 9.48. The van der Waals surface area contributed by atoms with Crippen LogP contribution >= 0.6 is 0 Å². The molecule has 1 aromatic heterocycles. The molecule has 1 heterocycles. The summed E-state index contributed by atoms with van der Waals surface area (Å²) in [5.74, 6) is 1.80. The van der Waals surface area contributed by atoms with Gasteiger partial charge in [-0.3, -0.25) is 4.79 Å². The second kappa shape index (κ2) is 6.84. The van der Waals surface area contributed by atoms with Crippen molar-refractivity contribution < 1.29 is 14.3 Å². The van der Waals surface area contributed by atoms with E-state index < -0.39 is 5.97 Å². The zero-order valence-electron chi connectivity index (χ0n) is 16.0. The fourth-order valence-electron chi connectivity index (χ4n) is 6.12. The standard InChI is InChI=1S/C24H25NO3/c26-22(24-12-16-9-17(13-24)11-18(10-16)14-24)15-28-23(27)8-7-20-6-5-19-3-1-2-4-21(19)25-20/h1-8,16-18H,9-15H2/b8-7+. The molecule has 6 rings (SSSR count). The van der Waals surface area contributed by atoms with Gasteiger partial charge in [0.05, 0.1) is 11.2 Å². The number of ketones is 1. The van der Waals surface area contributed by atoms with Crippen molar-refractivity contribution in [3.05, 3.63) is 48.2 Å². The number of ether oxygens (including phenoxy) is 1. The third kappa shape index (κ3) is 3.25. The smallest absolute Gasteiger partial charge is 0.331 e. The summed E-state index contributed by atoms with van der Waals surface area (Å²) in [6.45, 7) is -0.0967. The monoisotopic (exact) mass is 375 g/mol. The van der Waals surface area contributed by atoms with Crippen LogP contribution in [0.3, 0.4) is 0 Å². The minimum absolute atomic E-state index is 0.0967. The van der Waals surface area contributed by atoms with Crippen LogP contribution in [-0.2, 0) is 14.3 Å². The van der Waals surface area contributed by atoms with Crippen LogP contribution < -0.4 is 0 Å². The summed E-state index contributed by atoms with van der Waals surface area (Å²) in [5, 5.41) is 1.06. The molecular weight excluding hydrogens is 350 g/mol. The third-order valence-corrected chi connectivity index (χ3v) is 6.99. The SMILES string of the molecule is O=C(/C=C/c1ccc2ccccc2n1)OCC(=O)C12CC3CC(CC(C3)C1)C2. The molecule has 0 unspecified atom stereocenters. The first-order valence-electron chi connectivity index (χ1n) is 10.3. The van der Waals surface area contributed by atoms with E-state index in [1.807, 2.05) is 36.4 Å². The molecule has 4 nitrogen and oxygen atoms in total. The number of aromatic nitrogens is 1. The van der Waals surface area contributed by atoms with E-state index in [2.05, 4.69) is 4.98 Å². The number of fused-ring (bicyclic) bond motifs is 1. The maximum absolute atomic E-state index is 12.9. The van der Waals surface area contributed by atoms with Gasteiger partial charge in [-0.05, 0) is 74.5 Å². The van der Waals surface area contributed by atoms with Crippen LogP contribution in [0.25, 0.3) is 17.0 Å². The summed E-state index contributed by atoms with van der Waals surface area (Å²) in [6.07, 6.45) is 9.92. The second-order valence-corrected chi connectivity index (χ2v) is 8.99. The van der Waals surface area contributed by atoms with Gasteiger partial charge in [-0.1, -0.05) is 24.3 Å². The zero-order chi connectivity index (χ0) is 19.1.